The number of carbonyl (C=O) groups is 5. The van der Waals surface area contributed by atoms with E-state index >= 15 is 0 Å². The number of aldehydes is 1. The minimum atomic E-state index is -1.74. The van der Waals surface area contributed by atoms with Crippen molar-refractivity contribution in [3.63, 3.8) is 0 Å². The molecular weight excluding hydrogens is 464 g/mol. The molecular formula is C22H34N4O5S2. The summed E-state index contributed by atoms with van der Waals surface area (Å²) < 4.78 is -0.964. The van der Waals surface area contributed by atoms with Crippen molar-refractivity contribution in [3.8, 4) is 0 Å². The first-order valence-electron chi connectivity index (χ1n) is 11.7. The molecule has 1 spiro atoms. The van der Waals surface area contributed by atoms with Gasteiger partial charge in [0.25, 0.3) is 0 Å². The molecule has 0 saturated carbocycles. The first-order valence-corrected chi connectivity index (χ1v) is 14.1. The average molecular weight is 499 g/mol. The van der Waals surface area contributed by atoms with Crippen molar-refractivity contribution in [2.45, 2.75) is 87.2 Å². The van der Waals surface area contributed by atoms with E-state index in [2.05, 4.69) is 16.0 Å². The lowest BCUT2D eigenvalue weighted by atomic mass is 9.87. The maximum Gasteiger partial charge on any atom is 0.315 e. The molecule has 5 amide bonds. The number of nitrogens with zero attached hydrogens (tertiary/aromatic N) is 1. The third-order valence-electron chi connectivity index (χ3n) is 6.71. The monoisotopic (exact) mass is 498 g/mol. The van der Waals surface area contributed by atoms with Crippen molar-refractivity contribution in [2.75, 3.05) is 17.8 Å². The third kappa shape index (κ3) is 5.18. The maximum atomic E-state index is 13.9. The molecule has 0 aromatic heterocycles. The van der Waals surface area contributed by atoms with Gasteiger partial charge in [-0.2, -0.15) is 11.8 Å². The highest BCUT2D eigenvalue weighted by Gasteiger charge is 2.59. The number of rotatable bonds is 8. The van der Waals surface area contributed by atoms with E-state index < -0.39 is 34.2 Å². The molecule has 184 valence electrons. The van der Waals surface area contributed by atoms with Gasteiger partial charge in [-0.15, -0.1) is 11.8 Å². The fraction of sp³-hybridized carbons (Fsp3) is 0.773. The van der Waals surface area contributed by atoms with Crippen LogP contribution in [0.25, 0.3) is 0 Å². The smallest absolute Gasteiger partial charge is 0.315 e. The lowest BCUT2D eigenvalue weighted by Gasteiger charge is -2.43. The number of imide groups is 1. The summed E-state index contributed by atoms with van der Waals surface area (Å²) in [6, 6.07) is -0.897. The molecule has 3 rings (SSSR count). The first kappa shape index (κ1) is 25.9. The number of carbonyl (C=O) groups excluding carboxylic acids is 5. The highest BCUT2D eigenvalue weighted by Crippen LogP contribution is 2.45. The Hall–Kier alpha value is -1.75. The van der Waals surface area contributed by atoms with Gasteiger partial charge in [0.1, 0.15) is 4.75 Å². The minimum absolute atomic E-state index is 0.129. The average Bonchev–Trinajstić information content (AvgIpc) is 3.32. The van der Waals surface area contributed by atoms with E-state index in [1.807, 2.05) is 13.2 Å². The minimum Gasteiger partial charge on any atom is -0.332 e. The second kappa shape index (κ2) is 11.1. The number of hydrogen-bond donors (Lipinski definition) is 3. The van der Waals surface area contributed by atoms with E-state index in [-0.39, 0.29) is 31.3 Å². The number of amides is 5. The van der Waals surface area contributed by atoms with Gasteiger partial charge >= 0.3 is 6.03 Å². The first-order chi connectivity index (χ1) is 15.8. The van der Waals surface area contributed by atoms with Crippen molar-refractivity contribution >= 4 is 53.6 Å². The lowest BCUT2D eigenvalue weighted by Crippen LogP contribution is -2.70. The molecule has 0 unspecified atom stereocenters. The van der Waals surface area contributed by atoms with Gasteiger partial charge in [-0.05, 0) is 31.3 Å². The summed E-state index contributed by atoms with van der Waals surface area (Å²) >= 11 is 2.95. The van der Waals surface area contributed by atoms with Crippen LogP contribution in [0, 0.1) is 0 Å². The van der Waals surface area contributed by atoms with E-state index in [9.17, 15) is 24.0 Å². The highest BCUT2D eigenvalue weighted by molar-refractivity contribution is 8.01. The molecule has 3 N–H and O–H groups in total. The van der Waals surface area contributed by atoms with Crippen LogP contribution in [-0.2, 0) is 19.2 Å². The second-order valence-corrected chi connectivity index (χ2v) is 11.3. The number of unbranched alkanes of at least 4 members (excludes halogenated alkanes) is 2. The Kier molecular flexibility index (Phi) is 8.71. The van der Waals surface area contributed by atoms with Crippen molar-refractivity contribution < 1.29 is 24.0 Å². The molecule has 0 radical (unpaired) electrons. The van der Waals surface area contributed by atoms with Gasteiger partial charge in [0.05, 0.1) is 12.1 Å². The van der Waals surface area contributed by atoms with Gasteiger partial charge in [-0.1, -0.05) is 26.2 Å². The molecule has 0 aromatic carbocycles. The molecule has 3 heterocycles. The molecule has 9 nitrogen and oxygen atoms in total. The van der Waals surface area contributed by atoms with Crippen molar-refractivity contribution in [3.05, 3.63) is 0 Å². The van der Waals surface area contributed by atoms with Crippen LogP contribution < -0.4 is 16.0 Å². The van der Waals surface area contributed by atoms with Gasteiger partial charge in [-0.25, -0.2) is 4.79 Å². The van der Waals surface area contributed by atoms with Crippen molar-refractivity contribution in [2.24, 2.45) is 0 Å². The maximum absolute atomic E-state index is 13.9. The van der Waals surface area contributed by atoms with Crippen LogP contribution in [0.3, 0.4) is 0 Å². The SMILES string of the molecule is CCCCCC(=O)N1C(=O)CCCC[C@@]2(SC[C@@H]3NC(=O)N[C@@H]32)C(=O)N[C@@]1(C=O)CCSC. The molecule has 3 aliphatic heterocycles. The van der Waals surface area contributed by atoms with Crippen LogP contribution in [0.5, 0.6) is 0 Å². The second-order valence-electron chi connectivity index (χ2n) is 8.93. The molecule has 3 aliphatic rings. The number of nitrogens with one attached hydrogen (secondary N) is 3. The topological polar surface area (TPSA) is 125 Å². The predicted molar refractivity (Wildman–Crippen MR) is 129 cm³/mol. The molecule has 11 heteroatoms. The van der Waals surface area contributed by atoms with Gasteiger partial charge in [0.2, 0.25) is 17.7 Å². The van der Waals surface area contributed by atoms with Crippen LogP contribution in [-0.4, -0.2) is 75.2 Å². The zero-order chi connectivity index (χ0) is 24.1. The number of thioether (sulfide) groups is 2. The van der Waals surface area contributed by atoms with E-state index in [0.717, 1.165) is 17.7 Å². The predicted octanol–water partition coefficient (Wildman–Crippen LogP) is 1.80. The quantitative estimate of drug-likeness (QED) is 0.265. The Bertz CT molecular complexity index is 797. The Balaban J connectivity index is 1.98. The van der Waals surface area contributed by atoms with Crippen LogP contribution in [0.4, 0.5) is 4.79 Å². The van der Waals surface area contributed by atoms with Crippen LogP contribution in [0.1, 0.15) is 64.7 Å². The van der Waals surface area contributed by atoms with Crippen LogP contribution in [0.15, 0.2) is 0 Å². The molecule has 0 bridgehead atoms. The highest BCUT2D eigenvalue weighted by atomic mass is 32.2. The summed E-state index contributed by atoms with van der Waals surface area (Å²) in [6.45, 7) is 2.02. The molecule has 3 fully saturated rings. The largest absolute Gasteiger partial charge is 0.332 e. The van der Waals surface area contributed by atoms with Crippen molar-refractivity contribution in [1.82, 2.24) is 20.9 Å². The van der Waals surface area contributed by atoms with Crippen LogP contribution in [0.2, 0.25) is 0 Å². The summed E-state index contributed by atoms with van der Waals surface area (Å²) in [6.07, 6.45) is 6.79. The summed E-state index contributed by atoms with van der Waals surface area (Å²) in [5.41, 5.74) is -1.74. The standard InChI is InChI=1S/C22H34N4O5S2/c1-3-4-5-8-16(28)26-17(29)9-6-7-10-22(18-15(13-33-22)23-20(31)24-18)19(30)25-21(26,14-27)11-12-32-2/h14-15,18H,3-13H2,1-2H3,(H,25,30)(H2,23,24,31)/t15-,18-,21-,22-/m0/s1. The number of fused-ring (bicyclic) bond motifs is 2. The Morgan fingerprint density at radius 2 is 2.03 bits per heavy atom. The van der Waals surface area contributed by atoms with Crippen molar-refractivity contribution in [1.29, 1.82) is 0 Å². The molecule has 0 aliphatic carbocycles. The van der Waals surface area contributed by atoms with E-state index in [1.54, 1.807) is 0 Å². The third-order valence-corrected chi connectivity index (χ3v) is 9.00. The van der Waals surface area contributed by atoms with Gasteiger partial charge in [0, 0.05) is 25.0 Å². The van der Waals surface area contributed by atoms with E-state index in [0.29, 0.717) is 43.5 Å². The van der Waals surface area contributed by atoms with Gasteiger partial charge < -0.3 is 16.0 Å². The zero-order valence-electron chi connectivity index (χ0n) is 19.3. The van der Waals surface area contributed by atoms with E-state index in [4.69, 9.17) is 0 Å². The van der Waals surface area contributed by atoms with Gasteiger partial charge in [-0.3, -0.25) is 24.1 Å². The van der Waals surface area contributed by atoms with E-state index in [1.165, 1.54) is 23.5 Å². The lowest BCUT2D eigenvalue weighted by molar-refractivity contribution is -0.159. The molecule has 3 saturated heterocycles. The Labute approximate surface area is 203 Å². The molecule has 4 atom stereocenters. The summed E-state index contributed by atoms with van der Waals surface area (Å²) in [5.74, 6) is -0.194. The zero-order valence-corrected chi connectivity index (χ0v) is 20.9. The number of hydrogen-bond acceptors (Lipinski definition) is 7. The summed E-state index contributed by atoms with van der Waals surface area (Å²) in [4.78, 5) is 65.9. The summed E-state index contributed by atoms with van der Waals surface area (Å²) in [5, 5.41) is 8.61. The Morgan fingerprint density at radius 3 is 2.73 bits per heavy atom. The fourth-order valence-electron chi connectivity index (χ4n) is 4.92. The Morgan fingerprint density at radius 1 is 1.24 bits per heavy atom. The summed E-state index contributed by atoms with van der Waals surface area (Å²) in [7, 11) is 0. The molecule has 0 aromatic rings. The normalized spacial score (nSPS) is 32.2. The fourth-order valence-corrected chi connectivity index (χ4v) is 7.06. The number of urea groups is 1. The van der Waals surface area contributed by atoms with Gasteiger partial charge in [0.15, 0.2) is 11.9 Å². The van der Waals surface area contributed by atoms with Crippen LogP contribution >= 0.6 is 23.5 Å². The molecule has 33 heavy (non-hydrogen) atoms.